The Morgan fingerprint density at radius 1 is 1.47 bits per heavy atom. The maximum atomic E-state index is 5.31. The fourth-order valence-electron chi connectivity index (χ4n) is 2.45. The molecule has 17 heavy (non-hydrogen) atoms. The maximum Gasteiger partial charge on any atom is 0.237 e. The largest absolute Gasteiger partial charge is 0.480 e. The lowest BCUT2D eigenvalue weighted by Gasteiger charge is -2.32. The Hall–Kier alpha value is -0.810. The lowest BCUT2D eigenvalue weighted by molar-refractivity contribution is 0.361. The SMILES string of the molecule is CNC(c1nccnc1OC)C1(C)CCCS1. The lowest BCUT2D eigenvalue weighted by Crippen LogP contribution is -2.36. The van der Waals surface area contributed by atoms with E-state index in [2.05, 4.69) is 22.2 Å². The molecule has 1 saturated heterocycles. The molecule has 1 aromatic rings. The number of ether oxygens (including phenoxy) is 1. The molecule has 2 heterocycles. The normalized spacial score (nSPS) is 25.8. The minimum Gasteiger partial charge on any atom is -0.480 e. The van der Waals surface area contributed by atoms with E-state index in [-0.39, 0.29) is 10.8 Å². The van der Waals surface area contributed by atoms with E-state index < -0.39 is 0 Å². The molecular weight excluding hydrogens is 234 g/mol. The van der Waals surface area contributed by atoms with Gasteiger partial charge in [0, 0.05) is 17.1 Å². The van der Waals surface area contributed by atoms with Gasteiger partial charge in [-0.2, -0.15) is 11.8 Å². The van der Waals surface area contributed by atoms with Crippen LogP contribution in [-0.4, -0.2) is 34.6 Å². The summed E-state index contributed by atoms with van der Waals surface area (Å²) in [4.78, 5) is 8.68. The number of thioether (sulfide) groups is 1. The summed E-state index contributed by atoms with van der Waals surface area (Å²) in [5.41, 5.74) is 0.911. The summed E-state index contributed by atoms with van der Waals surface area (Å²) in [5, 5.41) is 3.37. The third-order valence-corrected chi connectivity index (χ3v) is 4.90. The molecule has 0 spiro atoms. The summed E-state index contributed by atoms with van der Waals surface area (Å²) in [7, 11) is 3.62. The Labute approximate surface area is 107 Å². The van der Waals surface area contributed by atoms with Crippen molar-refractivity contribution in [3.63, 3.8) is 0 Å². The van der Waals surface area contributed by atoms with E-state index in [1.807, 2.05) is 18.8 Å². The minimum atomic E-state index is 0.179. The Morgan fingerprint density at radius 3 is 2.82 bits per heavy atom. The average Bonchev–Trinajstić information content (AvgIpc) is 2.78. The maximum absolute atomic E-state index is 5.31. The van der Waals surface area contributed by atoms with Gasteiger partial charge in [-0.3, -0.25) is 4.98 Å². The van der Waals surface area contributed by atoms with Crippen LogP contribution in [0, 0.1) is 0 Å². The zero-order chi connectivity index (χ0) is 12.3. The average molecular weight is 253 g/mol. The van der Waals surface area contributed by atoms with Gasteiger partial charge in [-0.15, -0.1) is 0 Å². The van der Waals surface area contributed by atoms with Crippen molar-refractivity contribution < 1.29 is 4.74 Å². The van der Waals surface area contributed by atoms with Gasteiger partial charge in [0.25, 0.3) is 0 Å². The van der Waals surface area contributed by atoms with Crippen LogP contribution in [-0.2, 0) is 0 Å². The highest BCUT2D eigenvalue weighted by Gasteiger charge is 2.40. The molecule has 0 aliphatic carbocycles. The Morgan fingerprint density at radius 2 is 2.24 bits per heavy atom. The van der Waals surface area contributed by atoms with E-state index in [1.165, 1.54) is 18.6 Å². The quantitative estimate of drug-likeness (QED) is 0.889. The molecule has 4 nitrogen and oxygen atoms in total. The van der Waals surface area contributed by atoms with Crippen molar-refractivity contribution in [2.45, 2.75) is 30.6 Å². The number of rotatable bonds is 4. The van der Waals surface area contributed by atoms with E-state index in [0.717, 1.165) is 5.69 Å². The molecule has 0 aromatic carbocycles. The van der Waals surface area contributed by atoms with E-state index in [0.29, 0.717) is 5.88 Å². The smallest absolute Gasteiger partial charge is 0.237 e. The minimum absolute atomic E-state index is 0.179. The summed E-state index contributed by atoms with van der Waals surface area (Å²) < 4.78 is 5.49. The molecule has 2 unspecified atom stereocenters. The highest BCUT2D eigenvalue weighted by molar-refractivity contribution is 8.00. The van der Waals surface area contributed by atoms with Gasteiger partial charge in [-0.05, 0) is 32.6 Å². The first-order chi connectivity index (χ1) is 8.21. The second-order valence-corrected chi connectivity index (χ2v) is 6.07. The predicted octanol–water partition coefficient (Wildman–Crippen LogP) is 2.03. The van der Waals surface area contributed by atoms with E-state index in [9.17, 15) is 0 Å². The van der Waals surface area contributed by atoms with Gasteiger partial charge in [-0.1, -0.05) is 0 Å². The molecule has 1 aliphatic rings. The highest BCUT2D eigenvalue weighted by Crippen LogP contribution is 2.47. The van der Waals surface area contributed by atoms with Crippen LogP contribution >= 0.6 is 11.8 Å². The molecule has 1 aromatic heterocycles. The van der Waals surface area contributed by atoms with Crippen molar-refractivity contribution in [3.05, 3.63) is 18.1 Å². The van der Waals surface area contributed by atoms with Crippen LogP contribution in [0.4, 0.5) is 0 Å². The summed E-state index contributed by atoms with van der Waals surface area (Å²) in [5.74, 6) is 1.85. The molecule has 2 atom stereocenters. The van der Waals surface area contributed by atoms with Gasteiger partial charge in [0.1, 0.15) is 5.69 Å². The first-order valence-corrected chi connectivity index (χ1v) is 6.86. The number of hydrogen-bond acceptors (Lipinski definition) is 5. The van der Waals surface area contributed by atoms with Gasteiger partial charge in [0.05, 0.1) is 13.2 Å². The van der Waals surface area contributed by atoms with Crippen LogP contribution in [0.15, 0.2) is 12.4 Å². The zero-order valence-electron chi connectivity index (χ0n) is 10.6. The standard InChI is InChI=1S/C12H19N3OS/c1-12(5-4-8-17-12)10(13-2)9-11(16-3)15-7-6-14-9/h6-7,10,13H,4-5,8H2,1-3H3. The third kappa shape index (κ3) is 2.40. The van der Waals surface area contributed by atoms with E-state index in [1.54, 1.807) is 19.5 Å². The van der Waals surface area contributed by atoms with E-state index >= 15 is 0 Å². The molecule has 0 amide bonds. The molecular formula is C12H19N3OS. The molecule has 1 fully saturated rings. The van der Waals surface area contributed by atoms with Crippen molar-refractivity contribution in [1.29, 1.82) is 0 Å². The fraction of sp³-hybridized carbons (Fsp3) is 0.667. The fourth-order valence-corrected chi connectivity index (χ4v) is 3.89. The van der Waals surface area contributed by atoms with Crippen LogP contribution in [0.3, 0.4) is 0 Å². The summed E-state index contributed by atoms with van der Waals surface area (Å²) in [6.45, 7) is 2.29. The van der Waals surface area contributed by atoms with E-state index in [4.69, 9.17) is 4.74 Å². The van der Waals surface area contributed by atoms with Crippen LogP contribution in [0.25, 0.3) is 0 Å². The molecule has 0 bridgehead atoms. The summed E-state index contributed by atoms with van der Waals surface area (Å²) >= 11 is 2.01. The topological polar surface area (TPSA) is 47.0 Å². The summed E-state index contributed by atoms with van der Waals surface area (Å²) in [6.07, 6.45) is 5.86. The van der Waals surface area contributed by atoms with Crippen LogP contribution in [0.5, 0.6) is 5.88 Å². The number of hydrogen-bond donors (Lipinski definition) is 1. The van der Waals surface area contributed by atoms with Crippen molar-refractivity contribution >= 4 is 11.8 Å². The van der Waals surface area contributed by atoms with Gasteiger partial charge >= 0.3 is 0 Å². The monoisotopic (exact) mass is 253 g/mol. The van der Waals surface area contributed by atoms with Crippen LogP contribution in [0.1, 0.15) is 31.5 Å². The van der Waals surface area contributed by atoms with Gasteiger partial charge in [-0.25, -0.2) is 4.98 Å². The molecule has 1 N–H and O–H groups in total. The Bertz CT molecular complexity index is 380. The highest BCUT2D eigenvalue weighted by atomic mass is 32.2. The molecule has 1 aliphatic heterocycles. The Balaban J connectivity index is 2.34. The number of methoxy groups -OCH3 is 1. The molecule has 0 radical (unpaired) electrons. The van der Waals surface area contributed by atoms with Gasteiger partial charge in [0.2, 0.25) is 5.88 Å². The number of nitrogens with zero attached hydrogens (tertiary/aromatic N) is 2. The van der Waals surface area contributed by atoms with Crippen molar-refractivity contribution in [2.75, 3.05) is 19.9 Å². The molecule has 5 heteroatoms. The first kappa shape index (κ1) is 12.6. The third-order valence-electron chi connectivity index (χ3n) is 3.31. The van der Waals surface area contributed by atoms with Crippen molar-refractivity contribution in [3.8, 4) is 5.88 Å². The van der Waals surface area contributed by atoms with Crippen molar-refractivity contribution in [2.24, 2.45) is 0 Å². The zero-order valence-corrected chi connectivity index (χ0v) is 11.4. The summed E-state index contributed by atoms with van der Waals surface area (Å²) in [6, 6.07) is 0.179. The lowest BCUT2D eigenvalue weighted by atomic mass is 9.93. The molecule has 0 saturated carbocycles. The van der Waals surface area contributed by atoms with Crippen LogP contribution in [0.2, 0.25) is 0 Å². The number of nitrogens with one attached hydrogen (secondary N) is 1. The molecule has 2 rings (SSSR count). The molecule has 94 valence electrons. The van der Waals surface area contributed by atoms with Gasteiger partial charge < -0.3 is 10.1 Å². The van der Waals surface area contributed by atoms with Crippen LogP contribution < -0.4 is 10.1 Å². The number of aromatic nitrogens is 2. The first-order valence-electron chi connectivity index (χ1n) is 5.87. The van der Waals surface area contributed by atoms with Crippen molar-refractivity contribution in [1.82, 2.24) is 15.3 Å². The second-order valence-electron chi connectivity index (χ2n) is 4.44. The second kappa shape index (κ2) is 5.23. The predicted molar refractivity (Wildman–Crippen MR) is 70.5 cm³/mol. The Kier molecular flexibility index (Phi) is 3.89. The van der Waals surface area contributed by atoms with Gasteiger partial charge in [0.15, 0.2) is 0 Å².